The molecule has 0 spiro atoms. The van der Waals surface area contributed by atoms with Crippen molar-refractivity contribution in [2.75, 3.05) is 23.3 Å². The maximum absolute atomic E-state index is 4.51. The highest BCUT2D eigenvalue weighted by Gasteiger charge is 2.08. The Morgan fingerprint density at radius 3 is 2.58 bits per heavy atom. The van der Waals surface area contributed by atoms with E-state index in [1.54, 1.807) is 11.3 Å². The van der Waals surface area contributed by atoms with Gasteiger partial charge >= 0.3 is 0 Å². The van der Waals surface area contributed by atoms with Gasteiger partial charge < -0.3 is 10.2 Å². The summed E-state index contributed by atoms with van der Waals surface area (Å²) in [6, 6.07) is 4.40. The van der Waals surface area contributed by atoms with E-state index < -0.39 is 0 Å². The van der Waals surface area contributed by atoms with E-state index >= 15 is 0 Å². The van der Waals surface area contributed by atoms with Gasteiger partial charge in [-0.2, -0.15) is 0 Å². The molecule has 0 aromatic carbocycles. The topological polar surface area (TPSA) is 41.0 Å². The van der Waals surface area contributed by atoms with Crippen molar-refractivity contribution < 1.29 is 0 Å². The number of hydrogen-bond acceptors (Lipinski definition) is 5. The molecule has 2 heterocycles. The zero-order valence-electron chi connectivity index (χ0n) is 11.6. The number of pyridine rings is 1. The van der Waals surface area contributed by atoms with Gasteiger partial charge in [-0.3, -0.25) is 4.98 Å². The minimum atomic E-state index is 0.258. The van der Waals surface area contributed by atoms with Crippen LogP contribution < -0.4 is 10.2 Å². The van der Waals surface area contributed by atoms with E-state index in [-0.39, 0.29) is 6.04 Å². The highest BCUT2D eigenvalue weighted by molar-refractivity contribution is 7.09. The average Bonchev–Trinajstić information content (AvgIpc) is 2.96. The van der Waals surface area contributed by atoms with Crippen LogP contribution in [0.25, 0.3) is 0 Å². The SMILES string of the molecule is CCN(CC)c1ccc(NC(C)c2cncs2)cn1. The fourth-order valence-electron chi connectivity index (χ4n) is 1.97. The van der Waals surface area contributed by atoms with Crippen LogP contribution in [0.1, 0.15) is 31.7 Å². The summed E-state index contributed by atoms with van der Waals surface area (Å²) < 4.78 is 0. The third-order valence-electron chi connectivity index (χ3n) is 3.10. The molecule has 4 nitrogen and oxygen atoms in total. The molecule has 0 aliphatic rings. The predicted octanol–water partition coefficient (Wildman–Crippen LogP) is 3.56. The zero-order valence-corrected chi connectivity index (χ0v) is 12.4. The second-order valence-corrected chi connectivity index (χ2v) is 5.27. The summed E-state index contributed by atoms with van der Waals surface area (Å²) >= 11 is 1.66. The normalized spacial score (nSPS) is 12.2. The minimum Gasteiger partial charge on any atom is -0.376 e. The van der Waals surface area contributed by atoms with Gasteiger partial charge in [0.05, 0.1) is 23.4 Å². The molecule has 0 aliphatic heterocycles. The molecule has 0 amide bonds. The second kappa shape index (κ2) is 6.52. The fraction of sp³-hybridized carbons (Fsp3) is 0.429. The molecular weight excluding hydrogens is 256 g/mol. The Balaban J connectivity index is 2.02. The van der Waals surface area contributed by atoms with E-state index in [1.807, 2.05) is 17.9 Å². The van der Waals surface area contributed by atoms with Gasteiger partial charge in [-0.05, 0) is 32.9 Å². The largest absolute Gasteiger partial charge is 0.376 e. The summed E-state index contributed by atoms with van der Waals surface area (Å²) in [6.07, 6.45) is 3.80. The van der Waals surface area contributed by atoms with E-state index in [1.165, 1.54) is 4.88 Å². The number of hydrogen-bond donors (Lipinski definition) is 1. The van der Waals surface area contributed by atoms with Gasteiger partial charge in [0.1, 0.15) is 5.82 Å². The van der Waals surface area contributed by atoms with Gasteiger partial charge in [0.2, 0.25) is 0 Å². The summed E-state index contributed by atoms with van der Waals surface area (Å²) in [4.78, 5) is 12.1. The molecule has 1 unspecified atom stereocenters. The maximum atomic E-state index is 4.51. The molecule has 19 heavy (non-hydrogen) atoms. The number of rotatable bonds is 6. The smallest absolute Gasteiger partial charge is 0.128 e. The Morgan fingerprint density at radius 2 is 2.05 bits per heavy atom. The standard InChI is InChI=1S/C14H20N4S/c1-4-18(5-2)14-7-6-12(8-16-14)17-11(3)13-9-15-10-19-13/h6-11,17H,4-5H2,1-3H3. The Hall–Kier alpha value is -1.62. The van der Waals surface area contributed by atoms with Crippen LogP contribution in [-0.2, 0) is 0 Å². The Morgan fingerprint density at radius 1 is 1.26 bits per heavy atom. The van der Waals surface area contributed by atoms with Crippen molar-refractivity contribution in [2.24, 2.45) is 0 Å². The van der Waals surface area contributed by atoms with E-state index in [0.717, 1.165) is 24.6 Å². The number of nitrogens with zero attached hydrogens (tertiary/aromatic N) is 3. The van der Waals surface area contributed by atoms with Crippen molar-refractivity contribution in [3.63, 3.8) is 0 Å². The zero-order chi connectivity index (χ0) is 13.7. The molecule has 0 radical (unpaired) electrons. The van der Waals surface area contributed by atoms with Gasteiger partial charge in [0, 0.05) is 24.2 Å². The lowest BCUT2D eigenvalue weighted by Gasteiger charge is -2.20. The molecular formula is C14H20N4S. The Bertz CT molecular complexity index is 477. The maximum Gasteiger partial charge on any atom is 0.128 e. The summed E-state index contributed by atoms with van der Waals surface area (Å²) in [6.45, 7) is 8.37. The van der Waals surface area contributed by atoms with Crippen LogP contribution in [0.15, 0.2) is 30.0 Å². The summed E-state index contributed by atoms with van der Waals surface area (Å²) in [5, 5.41) is 3.44. The molecule has 2 aromatic rings. The lowest BCUT2D eigenvalue weighted by atomic mass is 10.2. The number of nitrogens with one attached hydrogen (secondary N) is 1. The third kappa shape index (κ3) is 3.44. The molecule has 0 saturated heterocycles. The van der Waals surface area contributed by atoms with E-state index in [0.29, 0.717) is 0 Å². The molecule has 5 heteroatoms. The van der Waals surface area contributed by atoms with Crippen LogP contribution in [0.3, 0.4) is 0 Å². The minimum absolute atomic E-state index is 0.258. The monoisotopic (exact) mass is 276 g/mol. The number of aromatic nitrogens is 2. The van der Waals surface area contributed by atoms with Crippen LogP contribution in [0, 0.1) is 0 Å². The van der Waals surface area contributed by atoms with Crippen molar-refractivity contribution in [3.8, 4) is 0 Å². The first-order valence-corrected chi connectivity index (χ1v) is 7.48. The number of anilines is 2. The van der Waals surface area contributed by atoms with E-state index in [2.05, 4.69) is 53.1 Å². The predicted molar refractivity (Wildman–Crippen MR) is 81.9 cm³/mol. The molecule has 1 atom stereocenters. The van der Waals surface area contributed by atoms with Gasteiger partial charge in [-0.25, -0.2) is 4.98 Å². The van der Waals surface area contributed by atoms with Crippen molar-refractivity contribution in [2.45, 2.75) is 26.8 Å². The van der Waals surface area contributed by atoms with Gasteiger partial charge in [0.25, 0.3) is 0 Å². The highest BCUT2D eigenvalue weighted by atomic mass is 32.1. The molecule has 2 rings (SSSR count). The van der Waals surface area contributed by atoms with Crippen molar-refractivity contribution in [1.82, 2.24) is 9.97 Å². The molecule has 0 saturated carbocycles. The van der Waals surface area contributed by atoms with Crippen molar-refractivity contribution in [1.29, 1.82) is 0 Å². The summed E-state index contributed by atoms with van der Waals surface area (Å²) in [5.41, 5.74) is 2.90. The average molecular weight is 276 g/mol. The van der Waals surface area contributed by atoms with Gasteiger partial charge in [0.15, 0.2) is 0 Å². The molecule has 0 bridgehead atoms. The lowest BCUT2D eigenvalue weighted by Crippen LogP contribution is -2.22. The van der Waals surface area contributed by atoms with Gasteiger partial charge in [-0.1, -0.05) is 0 Å². The fourth-order valence-corrected chi connectivity index (χ4v) is 2.59. The van der Waals surface area contributed by atoms with Crippen LogP contribution in [0.4, 0.5) is 11.5 Å². The molecule has 0 aliphatic carbocycles. The van der Waals surface area contributed by atoms with Crippen molar-refractivity contribution >= 4 is 22.8 Å². The van der Waals surface area contributed by atoms with E-state index in [4.69, 9.17) is 0 Å². The first-order chi connectivity index (χ1) is 9.24. The third-order valence-corrected chi connectivity index (χ3v) is 4.05. The van der Waals surface area contributed by atoms with Crippen LogP contribution in [0.2, 0.25) is 0 Å². The van der Waals surface area contributed by atoms with Crippen LogP contribution in [-0.4, -0.2) is 23.1 Å². The Labute approximate surface area is 118 Å². The first kappa shape index (κ1) is 13.8. The quantitative estimate of drug-likeness (QED) is 0.876. The molecule has 102 valence electrons. The molecule has 2 aromatic heterocycles. The Kier molecular flexibility index (Phi) is 4.74. The second-order valence-electron chi connectivity index (χ2n) is 4.35. The molecule has 1 N–H and O–H groups in total. The van der Waals surface area contributed by atoms with Crippen LogP contribution >= 0.6 is 11.3 Å². The lowest BCUT2D eigenvalue weighted by molar-refractivity contribution is 0.844. The molecule has 0 fully saturated rings. The summed E-state index contributed by atoms with van der Waals surface area (Å²) in [7, 11) is 0. The first-order valence-electron chi connectivity index (χ1n) is 6.60. The number of thiazole rings is 1. The van der Waals surface area contributed by atoms with Crippen LogP contribution in [0.5, 0.6) is 0 Å². The van der Waals surface area contributed by atoms with Gasteiger partial charge in [-0.15, -0.1) is 11.3 Å². The summed E-state index contributed by atoms with van der Waals surface area (Å²) in [5.74, 6) is 1.03. The van der Waals surface area contributed by atoms with Crippen molar-refractivity contribution in [3.05, 3.63) is 34.9 Å². The van der Waals surface area contributed by atoms with E-state index in [9.17, 15) is 0 Å². The highest BCUT2D eigenvalue weighted by Crippen LogP contribution is 2.22.